The van der Waals surface area contributed by atoms with Crippen LogP contribution in [-0.4, -0.2) is 105 Å². The molecule has 2 aliphatic rings. The number of carbonyl (C=O) groups is 1. The number of hydrogen-bond donors (Lipinski definition) is 0. The maximum Gasteiger partial charge on any atom is 0.236 e. The van der Waals surface area contributed by atoms with E-state index in [-0.39, 0.29) is 22.7 Å². The summed E-state index contributed by atoms with van der Waals surface area (Å²) in [6.07, 6.45) is 3.67. The molecule has 2 fully saturated rings. The number of piperazine rings is 1. The molecule has 1 amide bonds. The topological polar surface area (TPSA) is 88.0 Å². The van der Waals surface area contributed by atoms with Gasteiger partial charge in [-0.1, -0.05) is 0 Å². The number of ether oxygens (including phenoxy) is 1. The molecule has 1 aromatic rings. The van der Waals surface area contributed by atoms with Crippen molar-refractivity contribution in [2.75, 3.05) is 66.3 Å². The van der Waals surface area contributed by atoms with Gasteiger partial charge in [0.15, 0.2) is 0 Å². The summed E-state index contributed by atoms with van der Waals surface area (Å²) in [7, 11) is 1.78. The molecule has 2 heterocycles. The second-order valence-electron chi connectivity index (χ2n) is 8.24. The highest BCUT2D eigenvalue weighted by Crippen LogP contribution is 2.32. The van der Waals surface area contributed by atoms with Gasteiger partial charge in [0.2, 0.25) is 20.9 Å². The van der Waals surface area contributed by atoms with Crippen molar-refractivity contribution < 1.29 is 17.9 Å². The Hall–Kier alpha value is -1.49. The van der Waals surface area contributed by atoms with Crippen LogP contribution in [0.5, 0.6) is 0 Å². The maximum atomic E-state index is 12.8. The van der Waals surface area contributed by atoms with Crippen molar-refractivity contribution in [2.45, 2.75) is 31.1 Å². The van der Waals surface area contributed by atoms with Gasteiger partial charge >= 0.3 is 0 Å². The quantitative estimate of drug-likeness (QED) is 0.516. The van der Waals surface area contributed by atoms with Gasteiger partial charge in [-0.05, 0) is 18.8 Å². The van der Waals surface area contributed by atoms with Gasteiger partial charge in [-0.3, -0.25) is 14.6 Å². The molecule has 0 N–H and O–H groups in total. The van der Waals surface area contributed by atoms with E-state index in [1.54, 1.807) is 32.3 Å². The molecule has 1 aliphatic carbocycles. The van der Waals surface area contributed by atoms with Crippen LogP contribution in [0.4, 0.5) is 0 Å². The summed E-state index contributed by atoms with van der Waals surface area (Å²) in [5.74, 6) is 0.588. The lowest BCUT2D eigenvalue weighted by molar-refractivity contribution is -0.130. The van der Waals surface area contributed by atoms with Gasteiger partial charge in [-0.25, -0.2) is 13.4 Å². The van der Waals surface area contributed by atoms with E-state index in [0.717, 1.165) is 44.7 Å². The molecule has 0 radical (unpaired) electrons. The number of imidazole rings is 1. The molecule has 0 atom stereocenters. The summed E-state index contributed by atoms with van der Waals surface area (Å²) in [4.78, 5) is 22.3. The summed E-state index contributed by atoms with van der Waals surface area (Å²) in [6.45, 7) is 5.30. The Labute approximate surface area is 173 Å². The third-order valence-corrected chi connectivity index (χ3v) is 7.35. The molecule has 29 heavy (non-hydrogen) atoms. The van der Waals surface area contributed by atoms with Gasteiger partial charge in [0, 0.05) is 60.5 Å². The van der Waals surface area contributed by atoms with Gasteiger partial charge in [0.05, 0.1) is 30.8 Å². The normalized spacial score (nSPS) is 18.9. The number of hydrogen-bond acceptors (Lipinski definition) is 7. The Morgan fingerprint density at radius 2 is 1.86 bits per heavy atom. The molecule has 1 aromatic heterocycles. The first-order valence-electron chi connectivity index (χ1n) is 10.2. The lowest BCUT2D eigenvalue weighted by Gasteiger charge is -2.34. The number of sulfone groups is 1. The second-order valence-corrected chi connectivity index (χ2v) is 10.2. The van der Waals surface area contributed by atoms with E-state index in [9.17, 15) is 13.2 Å². The molecule has 10 heteroatoms. The monoisotopic (exact) mass is 427 g/mol. The molecular weight excluding hydrogens is 394 g/mol. The van der Waals surface area contributed by atoms with Crippen LogP contribution in [0.15, 0.2) is 11.4 Å². The number of likely N-dealkylation sites (N-methyl/N-ethyl adjacent to an activating group) is 1. The molecule has 3 rings (SSSR count). The minimum atomic E-state index is -3.38. The van der Waals surface area contributed by atoms with Gasteiger partial charge in [0.1, 0.15) is 0 Å². The Bertz CT molecular complexity index is 796. The fourth-order valence-corrected chi connectivity index (χ4v) is 5.39. The predicted molar refractivity (Wildman–Crippen MR) is 109 cm³/mol. The Balaban J connectivity index is 1.64. The van der Waals surface area contributed by atoms with Crippen LogP contribution in [-0.2, 0) is 32.5 Å². The number of aromatic nitrogens is 2. The maximum absolute atomic E-state index is 12.8. The lowest BCUT2D eigenvalue weighted by Crippen LogP contribution is -2.49. The van der Waals surface area contributed by atoms with Crippen molar-refractivity contribution in [3.63, 3.8) is 0 Å². The van der Waals surface area contributed by atoms with Crippen molar-refractivity contribution in [1.82, 2.24) is 24.3 Å². The largest absolute Gasteiger partial charge is 0.383 e. The summed E-state index contributed by atoms with van der Waals surface area (Å²) < 4.78 is 32.6. The fourth-order valence-electron chi connectivity index (χ4n) is 3.52. The number of nitrogens with zero attached hydrogens (tertiary/aromatic N) is 5. The van der Waals surface area contributed by atoms with Gasteiger partial charge in [0.25, 0.3) is 0 Å². The molecule has 9 nitrogen and oxygen atoms in total. The van der Waals surface area contributed by atoms with E-state index < -0.39 is 9.84 Å². The highest BCUT2D eigenvalue weighted by Gasteiger charge is 2.32. The molecule has 0 spiro atoms. The van der Waals surface area contributed by atoms with E-state index in [1.165, 1.54) is 0 Å². The first-order valence-corrected chi connectivity index (χ1v) is 11.9. The predicted octanol–water partition coefficient (Wildman–Crippen LogP) is -0.0810. The van der Waals surface area contributed by atoms with Crippen LogP contribution in [0.3, 0.4) is 0 Å². The third-order valence-electron chi connectivity index (χ3n) is 5.56. The molecule has 164 valence electrons. The van der Waals surface area contributed by atoms with Crippen LogP contribution in [0, 0.1) is 5.92 Å². The second kappa shape index (κ2) is 9.55. The van der Waals surface area contributed by atoms with Crippen LogP contribution in [0.1, 0.15) is 18.5 Å². The molecule has 0 unspecified atom stereocenters. The fraction of sp³-hybridized carbons (Fsp3) is 0.789. The molecule has 1 saturated heterocycles. The minimum absolute atomic E-state index is 0.113. The van der Waals surface area contributed by atoms with E-state index in [0.29, 0.717) is 26.2 Å². The lowest BCUT2D eigenvalue weighted by atomic mass is 10.3. The number of methoxy groups -OCH3 is 1. The van der Waals surface area contributed by atoms with E-state index >= 15 is 0 Å². The number of carbonyl (C=O) groups excluding carboxylic acids is 1. The van der Waals surface area contributed by atoms with Gasteiger partial charge in [-0.2, -0.15) is 0 Å². The summed E-state index contributed by atoms with van der Waals surface area (Å²) >= 11 is 0. The van der Waals surface area contributed by atoms with Crippen LogP contribution < -0.4 is 0 Å². The zero-order valence-electron chi connectivity index (χ0n) is 17.7. The first kappa shape index (κ1) is 22.2. The summed E-state index contributed by atoms with van der Waals surface area (Å²) in [5, 5.41) is 0.173. The van der Waals surface area contributed by atoms with Crippen molar-refractivity contribution in [2.24, 2.45) is 5.92 Å². The summed E-state index contributed by atoms with van der Waals surface area (Å²) in [6, 6.07) is 0. The zero-order valence-corrected chi connectivity index (χ0v) is 18.5. The minimum Gasteiger partial charge on any atom is -0.383 e. The first-order chi connectivity index (χ1) is 13.8. The average molecular weight is 428 g/mol. The molecule has 0 aromatic carbocycles. The zero-order chi connectivity index (χ0) is 21.0. The molecular formula is C19H33N5O4S. The van der Waals surface area contributed by atoms with Gasteiger partial charge in [-0.15, -0.1) is 0 Å². The molecule has 1 aliphatic heterocycles. The number of rotatable bonds is 10. The van der Waals surface area contributed by atoms with Crippen molar-refractivity contribution in [3.8, 4) is 0 Å². The van der Waals surface area contributed by atoms with Crippen LogP contribution in [0.25, 0.3) is 0 Å². The number of amides is 1. The highest BCUT2D eigenvalue weighted by molar-refractivity contribution is 7.91. The van der Waals surface area contributed by atoms with Gasteiger partial charge < -0.3 is 14.2 Å². The summed E-state index contributed by atoms with van der Waals surface area (Å²) in [5.41, 5.74) is 0.897. The molecule has 0 bridgehead atoms. The highest BCUT2D eigenvalue weighted by atomic mass is 32.2. The molecule has 1 saturated carbocycles. The Morgan fingerprint density at radius 3 is 2.45 bits per heavy atom. The standard InChI is InChI=1S/C19H33N5O4S/c1-21(2)18(25)14-23-8-6-22(7-9-23)13-17-12-20-19(24(17)10-11-28-3)29(26,27)15-16-4-5-16/h12,16H,4-11,13-15H2,1-3H3. The van der Waals surface area contributed by atoms with Crippen molar-refractivity contribution >= 4 is 15.7 Å². The average Bonchev–Trinajstić information content (AvgIpc) is 3.38. The third kappa shape index (κ3) is 6.00. The Kier molecular flexibility index (Phi) is 7.31. The van der Waals surface area contributed by atoms with E-state index in [2.05, 4.69) is 14.8 Å². The van der Waals surface area contributed by atoms with Crippen molar-refractivity contribution in [3.05, 3.63) is 11.9 Å². The van der Waals surface area contributed by atoms with Crippen LogP contribution >= 0.6 is 0 Å². The smallest absolute Gasteiger partial charge is 0.236 e. The van der Waals surface area contributed by atoms with E-state index in [1.807, 2.05) is 4.57 Å². The van der Waals surface area contributed by atoms with E-state index in [4.69, 9.17) is 4.74 Å². The van der Waals surface area contributed by atoms with Crippen molar-refractivity contribution in [1.29, 1.82) is 0 Å². The SMILES string of the molecule is COCCn1c(CN2CCN(CC(=O)N(C)C)CC2)cnc1S(=O)(=O)CC1CC1. The van der Waals surface area contributed by atoms with Crippen LogP contribution in [0.2, 0.25) is 0 Å². The Morgan fingerprint density at radius 1 is 1.21 bits per heavy atom.